The zero-order chi connectivity index (χ0) is 14.8. The fourth-order valence-electron chi connectivity index (χ4n) is 2.40. The van der Waals surface area contributed by atoms with Crippen molar-refractivity contribution in [3.05, 3.63) is 65.1 Å². The number of hydrogen-bond donors (Lipinski definition) is 0. The van der Waals surface area contributed by atoms with E-state index in [0.29, 0.717) is 23.2 Å². The molecular weight excluding hydrogens is 262 g/mol. The number of nitrogens with zero attached hydrogens (tertiary/aromatic N) is 1. The van der Waals surface area contributed by atoms with Crippen LogP contribution < -0.4 is 0 Å². The lowest BCUT2D eigenvalue weighted by molar-refractivity contribution is 0.104. The van der Waals surface area contributed by atoms with Crippen LogP contribution in [0.5, 0.6) is 0 Å². The van der Waals surface area contributed by atoms with Crippen LogP contribution in [-0.2, 0) is 0 Å². The Kier molecular flexibility index (Phi) is 3.45. The molecule has 2 aromatic rings. The van der Waals surface area contributed by atoms with Crippen LogP contribution >= 0.6 is 0 Å². The highest BCUT2D eigenvalue weighted by atomic mass is 16.3. The third kappa shape index (κ3) is 2.80. The number of benzene rings is 1. The van der Waals surface area contributed by atoms with Gasteiger partial charge in [-0.2, -0.15) is 5.26 Å². The van der Waals surface area contributed by atoms with E-state index in [0.717, 1.165) is 12.2 Å². The number of carbonyl (C=O) groups excluding carboxylic acids is 1. The van der Waals surface area contributed by atoms with E-state index < -0.39 is 0 Å². The molecule has 0 radical (unpaired) electrons. The predicted molar refractivity (Wildman–Crippen MR) is 79.6 cm³/mol. The largest absolute Gasteiger partial charge is 0.461 e. The molecule has 0 amide bonds. The first-order valence-electron chi connectivity index (χ1n) is 7.00. The van der Waals surface area contributed by atoms with Crippen LogP contribution in [0.3, 0.4) is 0 Å². The van der Waals surface area contributed by atoms with Crippen molar-refractivity contribution in [2.75, 3.05) is 0 Å². The number of ketones is 1. The van der Waals surface area contributed by atoms with E-state index >= 15 is 0 Å². The molecule has 3 heteroatoms. The van der Waals surface area contributed by atoms with Crippen molar-refractivity contribution in [1.29, 1.82) is 5.26 Å². The number of furan rings is 1. The summed E-state index contributed by atoms with van der Waals surface area (Å²) in [5, 5.41) is 9.21. The van der Waals surface area contributed by atoms with E-state index in [2.05, 4.69) is 6.92 Å². The maximum atomic E-state index is 12.3. The number of nitriles is 1. The molecule has 0 N–H and O–H groups in total. The molecule has 1 aromatic carbocycles. The SMILES string of the molecule is C[C@H]1C[C@@H]1c1ccc(/C=C(\C#N)C(=O)c2ccccc2)o1. The third-order valence-corrected chi connectivity index (χ3v) is 3.81. The zero-order valence-electron chi connectivity index (χ0n) is 11.7. The van der Waals surface area contributed by atoms with E-state index in [1.165, 1.54) is 6.08 Å². The molecule has 3 rings (SSSR count). The quantitative estimate of drug-likeness (QED) is 0.478. The summed E-state index contributed by atoms with van der Waals surface area (Å²) in [6, 6.07) is 14.5. The Morgan fingerprint density at radius 2 is 2.00 bits per heavy atom. The first-order chi connectivity index (χ1) is 10.2. The second kappa shape index (κ2) is 5.41. The standard InChI is InChI=1S/C18H15NO2/c1-12-9-16(12)17-8-7-15(21-17)10-14(11-19)18(20)13-5-3-2-4-6-13/h2-8,10,12,16H,9H2,1H3/b14-10+/t12-,16-/m0/s1. The van der Waals surface area contributed by atoms with Crippen molar-refractivity contribution in [2.24, 2.45) is 5.92 Å². The van der Waals surface area contributed by atoms with E-state index in [1.54, 1.807) is 24.3 Å². The highest BCUT2D eigenvalue weighted by Crippen LogP contribution is 2.47. The summed E-state index contributed by atoms with van der Waals surface area (Å²) < 4.78 is 5.72. The zero-order valence-corrected chi connectivity index (χ0v) is 11.7. The van der Waals surface area contributed by atoms with Crippen LogP contribution in [0, 0.1) is 17.2 Å². The van der Waals surface area contributed by atoms with E-state index in [-0.39, 0.29) is 11.4 Å². The minimum absolute atomic E-state index is 0.0888. The van der Waals surface area contributed by atoms with Gasteiger partial charge in [0.2, 0.25) is 5.78 Å². The van der Waals surface area contributed by atoms with Gasteiger partial charge in [0.25, 0.3) is 0 Å². The van der Waals surface area contributed by atoms with Gasteiger partial charge in [-0.3, -0.25) is 4.79 Å². The molecule has 1 aliphatic carbocycles. The minimum atomic E-state index is -0.282. The molecule has 1 aliphatic rings. The van der Waals surface area contributed by atoms with E-state index in [1.807, 2.05) is 24.3 Å². The molecule has 0 spiro atoms. The number of allylic oxidation sites excluding steroid dienone is 1. The van der Waals surface area contributed by atoms with Gasteiger partial charge in [0, 0.05) is 17.6 Å². The fourth-order valence-corrected chi connectivity index (χ4v) is 2.40. The first-order valence-corrected chi connectivity index (χ1v) is 7.00. The van der Waals surface area contributed by atoms with Gasteiger partial charge in [-0.15, -0.1) is 0 Å². The third-order valence-electron chi connectivity index (χ3n) is 3.81. The lowest BCUT2D eigenvalue weighted by Crippen LogP contribution is -2.01. The Morgan fingerprint density at radius 3 is 2.62 bits per heavy atom. The number of Topliss-reactive ketones (excluding diaryl/α,β-unsaturated/α-hetero) is 1. The van der Waals surface area contributed by atoms with Gasteiger partial charge in [0.15, 0.2) is 0 Å². The lowest BCUT2D eigenvalue weighted by Gasteiger charge is -1.98. The summed E-state index contributed by atoms with van der Waals surface area (Å²) in [7, 11) is 0. The number of rotatable bonds is 4. The molecule has 0 saturated heterocycles. The Morgan fingerprint density at radius 1 is 1.29 bits per heavy atom. The van der Waals surface area contributed by atoms with Crippen LogP contribution in [0.1, 0.15) is 41.1 Å². The number of carbonyl (C=O) groups is 1. The van der Waals surface area contributed by atoms with Crippen LogP contribution in [0.2, 0.25) is 0 Å². The molecule has 104 valence electrons. The first kappa shape index (κ1) is 13.4. The lowest BCUT2D eigenvalue weighted by atomic mass is 10.0. The van der Waals surface area contributed by atoms with E-state index in [9.17, 15) is 10.1 Å². The molecule has 1 heterocycles. The van der Waals surface area contributed by atoms with Crippen molar-refractivity contribution < 1.29 is 9.21 Å². The summed E-state index contributed by atoms with van der Waals surface area (Å²) in [6.45, 7) is 2.18. The Balaban J connectivity index is 1.84. The van der Waals surface area contributed by atoms with Crippen molar-refractivity contribution in [3.63, 3.8) is 0 Å². The van der Waals surface area contributed by atoms with Crippen molar-refractivity contribution in [3.8, 4) is 6.07 Å². The van der Waals surface area contributed by atoms with Crippen LogP contribution in [0.25, 0.3) is 6.08 Å². The second-order valence-corrected chi connectivity index (χ2v) is 5.42. The molecule has 0 unspecified atom stereocenters. The molecule has 0 bridgehead atoms. The highest BCUT2D eigenvalue weighted by Gasteiger charge is 2.36. The molecule has 0 aliphatic heterocycles. The van der Waals surface area contributed by atoms with Gasteiger partial charge in [0.1, 0.15) is 23.2 Å². The van der Waals surface area contributed by atoms with Crippen LogP contribution in [-0.4, -0.2) is 5.78 Å². The van der Waals surface area contributed by atoms with Gasteiger partial charge < -0.3 is 4.42 Å². The van der Waals surface area contributed by atoms with Crippen LogP contribution in [0.15, 0.2) is 52.5 Å². The molecule has 1 aromatic heterocycles. The average Bonchev–Trinajstić information content (AvgIpc) is 3.07. The van der Waals surface area contributed by atoms with Crippen molar-refractivity contribution in [1.82, 2.24) is 0 Å². The summed E-state index contributed by atoms with van der Waals surface area (Å²) in [6.07, 6.45) is 2.66. The molecule has 1 fully saturated rings. The molecule has 1 saturated carbocycles. The Hall–Kier alpha value is -2.60. The van der Waals surface area contributed by atoms with Gasteiger partial charge in [-0.1, -0.05) is 37.3 Å². The summed E-state index contributed by atoms with van der Waals surface area (Å²) >= 11 is 0. The van der Waals surface area contributed by atoms with Crippen LogP contribution in [0.4, 0.5) is 0 Å². The Labute approximate surface area is 123 Å². The number of hydrogen-bond acceptors (Lipinski definition) is 3. The van der Waals surface area contributed by atoms with Gasteiger partial charge in [0.05, 0.1) is 0 Å². The van der Waals surface area contributed by atoms with E-state index in [4.69, 9.17) is 4.42 Å². The van der Waals surface area contributed by atoms with Crippen molar-refractivity contribution in [2.45, 2.75) is 19.3 Å². The summed E-state index contributed by atoms with van der Waals surface area (Å²) in [5.41, 5.74) is 0.596. The molecule has 3 nitrogen and oxygen atoms in total. The molecular formula is C18H15NO2. The fraction of sp³-hybridized carbons (Fsp3) is 0.222. The van der Waals surface area contributed by atoms with Gasteiger partial charge in [-0.05, 0) is 24.5 Å². The maximum Gasteiger partial charge on any atom is 0.203 e. The highest BCUT2D eigenvalue weighted by molar-refractivity contribution is 6.13. The normalized spacial score (nSPS) is 20.9. The second-order valence-electron chi connectivity index (χ2n) is 5.42. The smallest absolute Gasteiger partial charge is 0.203 e. The summed E-state index contributed by atoms with van der Waals surface area (Å²) in [5.74, 6) is 2.37. The molecule has 2 atom stereocenters. The topological polar surface area (TPSA) is 54.0 Å². The minimum Gasteiger partial charge on any atom is -0.461 e. The molecule has 21 heavy (non-hydrogen) atoms. The van der Waals surface area contributed by atoms with Crippen molar-refractivity contribution >= 4 is 11.9 Å². The average molecular weight is 277 g/mol. The maximum absolute atomic E-state index is 12.3. The Bertz CT molecular complexity index is 734. The predicted octanol–water partition coefficient (Wildman–Crippen LogP) is 4.19. The summed E-state index contributed by atoms with van der Waals surface area (Å²) in [4.78, 5) is 12.3. The monoisotopic (exact) mass is 277 g/mol. The van der Waals surface area contributed by atoms with Gasteiger partial charge >= 0.3 is 0 Å². The van der Waals surface area contributed by atoms with Gasteiger partial charge in [-0.25, -0.2) is 0 Å².